The van der Waals surface area contributed by atoms with Crippen LogP contribution in [-0.2, 0) is 0 Å². The van der Waals surface area contributed by atoms with Crippen molar-refractivity contribution in [3.05, 3.63) is 0 Å². The quantitative estimate of drug-likeness (QED) is 0.713. The van der Waals surface area contributed by atoms with Crippen molar-refractivity contribution in [2.75, 3.05) is 59.4 Å². The number of rotatable bonds is 2. The Hall–Kier alpha value is -1.25. The predicted molar refractivity (Wildman–Crippen MR) is 126 cm³/mol. The van der Waals surface area contributed by atoms with Gasteiger partial charge in [-0.2, -0.15) is 10.5 Å². The van der Waals surface area contributed by atoms with Gasteiger partial charge in [-0.3, -0.25) is 14.5 Å². The first-order valence-electron chi connectivity index (χ1n) is 12.2. The molecule has 2 saturated heterocycles. The highest BCUT2D eigenvalue weighted by atomic mass is 19.0. The SMILES string of the molecule is C.CN1CCN(C2(C#N)CCCCC2)CC1.N#CC1(N2CCNCC2)CCCCC1.[3H]F. The number of nitriles is 2. The van der Waals surface area contributed by atoms with Crippen molar-refractivity contribution in [3.8, 4) is 12.1 Å². The number of piperazine rings is 2. The summed E-state index contributed by atoms with van der Waals surface area (Å²) in [6, 6.07) is 5.19. The summed E-state index contributed by atoms with van der Waals surface area (Å²) < 4.78 is 13.0. The molecular weight excluding hydrogens is 391 g/mol. The summed E-state index contributed by atoms with van der Waals surface area (Å²) in [6.45, 7) is 8.56. The predicted octanol–water partition coefficient (Wildman–Crippen LogP) is 3.37. The number of nitrogens with zero attached hydrogens (tertiary/aromatic N) is 5. The molecule has 0 amide bonds. The minimum atomic E-state index is -0.112. The van der Waals surface area contributed by atoms with E-state index in [0.717, 1.165) is 78.0 Å². The summed E-state index contributed by atoms with van der Waals surface area (Å²) in [5.41, 5.74) is -0.222. The van der Waals surface area contributed by atoms with Crippen LogP contribution < -0.4 is 5.32 Å². The molecule has 2 saturated carbocycles. The molecule has 0 radical (unpaired) electrons. The van der Waals surface area contributed by atoms with Gasteiger partial charge in [0.15, 0.2) is 0 Å². The standard InChI is InChI=1S/C12H21N3.C11H19N3.CH4.FH/c1-14-7-9-15(10-8-14)12(11-13)5-3-2-4-6-12;12-10-11(4-2-1-3-5-11)14-8-6-13-7-9-14;;/h2-10H2,1H3;13H,1-9H2;1H4;1H/i/hT. The van der Waals surface area contributed by atoms with Gasteiger partial charge in [0.2, 0.25) is 0 Å². The van der Waals surface area contributed by atoms with Gasteiger partial charge >= 0.3 is 0 Å². The third kappa shape index (κ3) is 6.86. The second kappa shape index (κ2) is 13.3. The lowest BCUT2D eigenvalue weighted by Gasteiger charge is -2.45. The average molecular weight is 439 g/mol. The van der Waals surface area contributed by atoms with E-state index in [4.69, 9.17) is 4.72 Å². The van der Waals surface area contributed by atoms with Gasteiger partial charge in [-0.05, 0) is 32.7 Å². The maximum atomic E-state index is 9.45. The molecule has 0 aromatic rings. The van der Waals surface area contributed by atoms with Gasteiger partial charge in [-0.1, -0.05) is 46.0 Å². The largest absolute Gasteiger partial charge is 0.314 e. The highest BCUT2D eigenvalue weighted by molar-refractivity contribution is 5.11. The molecule has 6 nitrogen and oxygen atoms in total. The molecule has 0 aromatic carbocycles. The molecule has 178 valence electrons. The Morgan fingerprint density at radius 1 is 0.710 bits per heavy atom. The Bertz CT molecular complexity index is 578. The Labute approximate surface area is 191 Å². The van der Waals surface area contributed by atoms with Crippen LogP contribution in [0.4, 0.5) is 4.72 Å². The van der Waals surface area contributed by atoms with Gasteiger partial charge in [0, 0.05) is 52.4 Å². The number of hydrogen-bond acceptors (Lipinski definition) is 6. The normalized spacial score (nSPS) is 26.8. The van der Waals surface area contributed by atoms with Gasteiger partial charge in [0.1, 0.15) is 11.1 Å². The van der Waals surface area contributed by atoms with Crippen molar-refractivity contribution < 1.29 is 4.72 Å². The second-order valence-electron chi connectivity index (χ2n) is 9.44. The van der Waals surface area contributed by atoms with E-state index < -0.39 is 0 Å². The highest BCUT2D eigenvalue weighted by Gasteiger charge is 2.39. The fourth-order valence-electron chi connectivity index (χ4n) is 5.60. The van der Waals surface area contributed by atoms with E-state index in [-0.39, 0.29) is 18.5 Å². The van der Waals surface area contributed by atoms with Gasteiger partial charge < -0.3 is 10.2 Å². The summed E-state index contributed by atoms with van der Waals surface area (Å²) >= 11 is 0. The minimum absolute atomic E-state index is 0. The molecule has 0 bridgehead atoms. The first kappa shape index (κ1) is 26.0. The van der Waals surface area contributed by atoms with Crippen molar-refractivity contribution in [1.29, 1.82) is 12.0 Å². The van der Waals surface area contributed by atoms with E-state index >= 15 is 0 Å². The van der Waals surface area contributed by atoms with Crippen LogP contribution in [0, 0.1) is 22.7 Å². The van der Waals surface area contributed by atoms with Crippen LogP contribution in [0.5, 0.6) is 0 Å². The van der Waals surface area contributed by atoms with Crippen LogP contribution in [-0.4, -0.2) is 86.6 Å². The van der Waals surface area contributed by atoms with Gasteiger partial charge in [0.25, 0.3) is 1.45 Å². The zero-order valence-electron chi connectivity index (χ0n) is 19.8. The smallest absolute Gasteiger partial charge is 0.269 e. The molecule has 7 heteroatoms. The molecule has 0 unspecified atom stereocenters. The number of hydrogen-bond donors (Lipinski definition) is 1. The van der Waals surface area contributed by atoms with E-state index in [0.29, 0.717) is 0 Å². The molecule has 0 atom stereocenters. The van der Waals surface area contributed by atoms with Crippen molar-refractivity contribution in [2.24, 2.45) is 0 Å². The van der Waals surface area contributed by atoms with Gasteiger partial charge in [0.05, 0.1) is 12.1 Å². The van der Waals surface area contributed by atoms with E-state index in [2.05, 4.69) is 40.7 Å². The van der Waals surface area contributed by atoms with Crippen LogP contribution in [0.2, 0.25) is 0 Å². The number of halogens is 1. The molecule has 1 N–H and O–H groups in total. The summed E-state index contributed by atoms with van der Waals surface area (Å²) in [5.74, 6) is 0. The van der Waals surface area contributed by atoms with Crippen LogP contribution >= 0.6 is 0 Å². The lowest BCUT2D eigenvalue weighted by Crippen LogP contribution is -2.56. The van der Waals surface area contributed by atoms with Crippen molar-refractivity contribution in [2.45, 2.75) is 82.7 Å². The molecular formula is C24H45FN6. The second-order valence-corrected chi connectivity index (χ2v) is 9.44. The molecule has 4 aliphatic rings. The van der Waals surface area contributed by atoms with Crippen LogP contribution in [0.3, 0.4) is 0 Å². The Kier molecular flexibility index (Phi) is 11.2. The molecule has 31 heavy (non-hydrogen) atoms. The van der Waals surface area contributed by atoms with Crippen LogP contribution in [0.15, 0.2) is 0 Å². The third-order valence-electron chi connectivity index (χ3n) is 7.61. The number of likely N-dealkylation sites (N-methyl/N-ethyl adjacent to an activating group) is 1. The Balaban J connectivity index is 0.000000289. The van der Waals surface area contributed by atoms with Crippen LogP contribution in [0.25, 0.3) is 0 Å². The zero-order valence-corrected chi connectivity index (χ0v) is 18.8. The lowest BCUT2D eigenvalue weighted by molar-refractivity contribution is 0.0500. The van der Waals surface area contributed by atoms with E-state index in [9.17, 15) is 10.5 Å². The lowest BCUT2D eigenvalue weighted by atomic mass is 9.81. The molecule has 2 heterocycles. The topological polar surface area (TPSA) is 69.3 Å². The Morgan fingerprint density at radius 3 is 1.48 bits per heavy atom. The molecule has 2 aliphatic carbocycles. The van der Waals surface area contributed by atoms with Crippen molar-refractivity contribution >= 4 is 0 Å². The molecule has 0 aromatic heterocycles. The zero-order chi connectivity index (χ0) is 22.6. The minimum Gasteiger partial charge on any atom is -0.314 e. The van der Waals surface area contributed by atoms with Gasteiger partial charge in [-0.15, -0.1) is 0 Å². The fraction of sp³-hybridized carbons (Fsp3) is 0.917. The van der Waals surface area contributed by atoms with Crippen molar-refractivity contribution in [1.82, 2.24) is 20.0 Å². The molecule has 4 rings (SSSR count). The summed E-state index contributed by atoms with van der Waals surface area (Å²) in [6.07, 6.45) is 11.9. The van der Waals surface area contributed by atoms with E-state index in [1.807, 2.05) is 0 Å². The molecule has 2 aliphatic heterocycles. The highest BCUT2D eigenvalue weighted by Crippen LogP contribution is 2.34. The fourth-order valence-corrected chi connectivity index (χ4v) is 5.60. The molecule has 0 spiro atoms. The first-order chi connectivity index (χ1) is 15.1. The van der Waals surface area contributed by atoms with Gasteiger partial charge in [-0.25, -0.2) is 0 Å². The Morgan fingerprint density at radius 2 is 1.10 bits per heavy atom. The summed E-state index contributed by atoms with van der Waals surface area (Å²) in [7, 11) is 2.16. The maximum Gasteiger partial charge on any atom is 0.269 e. The van der Waals surface area contributed by atoms with Crippen LogP contribution in [0.1, 0.15) is 71.6 Å². The number of nitrogens with one attached hydrogen (secondary N) is 1. The third-order valence-corrected chi connectivity index (χ3v) is 7.61. The first-order valence-corrected chi connectivity index (χ1v) is 11.9. The summed E-state index contributed by atoms with van der Waals surface area (Å²) in [5, 5.41) is 22.2. The monoisotopic (exact) mass is 438 g/mol. The molecule has 4 fully saturated rings. The van der Waals surface area contributed by atoms with E-state index in [1.165, 1.54) is 38.5 Å². The average Bonchev–Trinajstić information content (AvgIpc) is 2.87. The van der Waals surface area contributed by atoms with E-state index in [1.54, 1.807) is 0 Å². The maximum absolute atomic E-state index is 9.45. The van der Waals surface area contributed by atoms with Crippen molar-refractivity contribution in [3.63, 3.8) is 0 Å². The summed E-state index contributed by atoms with van der Waals surface area (Å²) in [4.78, 5) is 7.19.